The summed E-state index contributed by atoms with van der Waals surface area (Å²) in [6.07, 6.45) is 0. The van der Waals surface area contributed by atoms with Crippen LogP contribution < -0.4 is 10.6 Å². The number of nitrogens with two attached hydrogens (primary N) is 1. The van der Waals surface area contributed by atoms with E-state index in [0.29, 0.717) is 23.5 Å². The van der Waals surface area contributed by atoms with Crippen LogP contribution in [0, 0.1) is 0 Å². The lowest BCUT2D eigenvalue weighted by Gasteiger charge is -2.21. The minimum atomic E-state index is -0.117. The molecular formula is C15H16N2O2. The Morgan fingerprint density at radius 1 is 1.21 bits per heavy atom. The van der Waals surface area contributed by atoms with Crippen molar-refractivity contribution in [2.75, 3.05) is 17.2 Å². The molecule has 4 heteroatoms. The predicted molar refractivity (Wildman–Crippen MR) is 76.3 cm³/mol. The van der Waals surface area contributed by atoms with Gasteiger partial charge in [0.25, 0.3) is 5.91 Å². The Bertz CT molecular complexity index is 579. The smallest absolute Gasteiger partial charge is 0.258 e. The second-order valence-corrected chi connectivity index (χ2v) is 4.19. The molecule has 2 rings (SSSR count). The van der Waals surface area contributed by atoms with Crippen LogP contribution in [0.1, 0.15) is 17.3 Å². The van der Waals surface area contributed by atoms with Crippen LogP contribution in [0.5, 0.6) is 5.75 Å². The Kier molecular flexibility index (Phi) is 3.71. The Balaban J connectivity index is 2.31. The summed E-state index contributed by atoms with van der Waals surface area (Å²) < 4.78 is 0. The lowest BCUT2D eigenvalue weighted by Crippen LogP contribution is -2.30. The number of aromatic hydroxyl groups is 1. The fourth-order valence-corrected chi connectivity index (χ4v) is 1.89. The average molecular weight is 256 g/mol. The zero-order valence-corrected chi connectivity index (χ0v) is 10.7. The number of carbonyl (C=O) groups excluding carboxylic acids is 1. The van der Waals surface area contributed by atoms with Crippen LogP contribution in [0.15, 0.2) is 48.5 Å². The summed E-state index contributed by atoms with van der Waals surface area (Å²) in [5.74, 6) is 0.0224. The van der Waals surface area contributed by atoms with Gasteiger partial charge < -0.3 is 15.7 Å². The van der Waals surface area contributed by atoms with E-state index in [1.54, 1.807) is 53.4 Å². The molecule has 0 saturated heterocycles. The molecule has 0 aliphatic heterocycles. The van der Waals surface area contributed by atoms with Gasteiger partial charge in [0.15, 0.2) is 0 Å². The molecule has 0 fully saturated rings. The van der Waals surface area contributed by atoms with Gasteiger partial charge in [-0.15, -0.1) is 0 Å². The minimum absolute atomic E-state index is 0.117. The first kappa shape index (κ1) is 13.0. The Hall–Kier alpha value is -2.49. The van der Waals surface area contributed by atoms with Gasteiger partial charge in [-0.25, -0.2) is 0 Å². The molecule has 0 unspecified atom stereocenters. The number of phenols is 1. The molecule has 0 aromatic heterocycles. The molecule has 0 aliphatic rings. The standard InChI is InChI=1S/C15H16N2O2/c1-2-17(13-4-3-5-14(18)10-13)15(19)11-6-8-12(16)9-7-11/h3-10,18H,2,16H2,1H3. The van der Waals surface area contributed by atoms with E-state index in [1.165, 1.54) is 0 Å². The second-order valence-electron chi connectivity index (χ2n) is 4.19. The fraction of sp³-hybridized carbons (Fsp3) is 0.133. The van der Waals surface area contributed by atoms with Crippen LogP contribution >= 0.6 is 0 Å². The minimum Gasteiger partial charge on any atom is -0.508 e. The molecule has 2 aromatic carbocycles. The summed E-state index contributed by atoms with van der Waals surface area (Å²) in [5, 5.41) is 9.49. The maximum atomic E-state index is 12.4. The molecule has 0 spiro atoms. The van der Waals surface area contributed by atoms with Gasteiger partial charge in [-0.3, -0.25) is 4.79 Å². The summed E-state index contributed by atoms with van der Waals surface area (Å²) in [7, 11) is 0. The Morgan fingerprint density at radius 3 is 2.47 bits per heavy atom. The number of nitrogen functional groups attached to an aromatic ring is 1. The summed E-state index contributed by atoms with van der Waals surface area (Å²) in [4.78, 5) is 14.0. The van der Waals surface area contributed by atoms with E-state index >= 15 is 0 Å². The van der Waals surface area contributed by atoms with Gasteiger partial charge in [-0.05, 0) is 43.3 Å². The van der Waals surface area contributed by atoms with Gasteiger partial charge in [-0.1, -0.05) is 6.07 Å². The van der Waals surface area contributed by atoms with Gasteiger partial charge in [-0.2, -0.15) is 0 Å². The number of hydrogen-bond donors (Lipinski definition) is 2. The van der Waals surface area contributed by atoms with E-state index in [1.807, 2.05) is 6.92 Å². The van der Waals surface area contributed by atoms with E-state index in [0.717, 1.165) is 0 Å². The number of benzene rings is 2. The number of phenolic OH excluding ortho intramolecular Hbond substituents is 1. The van der Waals surface area contributed by atoms with Crippen LogP contribution in [-0.2, 0) is 0 Å². The molecule has 0 aliphatic carbocycles. The van der Waals surface area contributed by atoms with Crippen molar-refractivity contribution in [1.82, 2.24) is 0 Å². The molecule has 0 radical (unpaired) electrons. The molecule has 2 aromatic rings. The number of anilines is 2. The van der Waals surface area contributed by atoms with Crippen molar-refractivity contribution in [3.8, 4) is 5.75 Å². The monoisotopic (exact) mass is 256 g/mol. The van der Waals surface area contributed by atoms with Crippen molar-refractivity contribution in [3.05, 3.63) is 54.1 Å². The zero-order valence-electron chi connectivity index (χ0n) is 10.7. The fourth-order valence-electron chi connectivity index (χ4n) is 1.89. The van der Waals surface area contributed by atoms with Crippen LogP contribution in [0.2, 0.25) is 0 Å². The van der Waals surface area contributed by atoms with Crippen molar-refractivity contribution >= 4 is 17.3 Å². The van der Waals surface area contributed by atoms with E-state index in [-0.39, 0.29) is 11.7 Å². The van der Waals surface area contributed by atoms with E-state index in [9.17, 15) is 9.90 Å². The molecule has 3 N–H and O–H groups in total. The number of nitrogens with zero attached hydrogens (tertiary/aromatic N) is 1. The summed E-state index contributed by atoms with van der Waals surface area (Å²) >= 11 is 0. The van der Waals surface area contributed by atoms with Crippen molar-refractivity contribution in [1.29, 1.82) is 0 Å². The van der Waals surface area contributed by atoms with E-state index in [2.05, 4.69) is 0 Å². The van der Waals surface area contributed by atoms with Crippen molar-refractivity contribution in [2.24, 2.45) is 0 Å². The summed E-state index contributed by atoms with van der Waals surface area (Å²) in [6, 6.07) is 13.4. The third-order valence-electron chi connectivity index (χ3n) is 2.86. The van der Waals surface area contributed by atoms with Crippen molar-refractivity contribution < 1.29 is 9.90 Å². The van der Waals surface area contributed by atoms with Crippen LogP contribution in [0.25, 0.3) is 0 Å². The molecule has 19 heavy (non-hydrogen) atoms. The highest BCUT2D eigenvalue weighted by molar-refractivity contribution is 6.06. The van der Waals surface area contributed by atoms with Gasteiger partial charge in [0.2, 0.25) is 0 Å². The predicted octanol–water partition coefficient (Wildman–Crippen LogP) is 2.64. The molecule has 0 bridgehead atoms. The van der Waals surface area contributed by atoms with Crippen LogP contribution in [0.3, 0.4) is 0 Å². The van der Waals surface area contributed by atoms with Crippen molar-refractivity contribution in [3.63, 3.8) is 0 Å². The van der Waals surface area contributed by atoms with Gasteiger partial charge in [0.1, 0.15) is 5.75 Å². The van der Waals surface area contributed by atoms with Gasteiger partial charge >= 0.3 is 0 Å². The zero-order chi connectivity index (χ0) is 13.8. The second kappa shape index (κ2) is 5.44. The number of carbonyl (C=O) groups is 1. The lowest BCUT2D eigenvalue weighted by atomic mass is 10.1. The van der Waals surface area contributed by atoms with E-state index in [4.69, 9.17) is 5.73 Å². The van der Waals surface area contributed by atoms with Crippen LogP contribution in [-0.4, -0.2) is 17.6 Å². The van der Waals surface area contributed by atoms with Crippen molar-refractivity contribution in [2.45, 2.75) is 6.92 Å². The Labute approximate surface area is 112 Å². The number of rotatable bonds is 3. The maximum Gasteiger partial charge on any atom is 0.258 e. The molecule has 0 heterocycles. The molecule has 0 atom stereocenters. The maximum absolute atomic E-state index is 12.4. The normalized spacial score (nSPS) is 10.2. The van der Waals surface area contributed by atoms with E-state index < -0.39 is 0 Å². The highest BCUT2D eigenvalue weighted by Gasteiger charge is 2.16. The first-order chi connectivity index (χ1) is 9.11. The third kappa shape index (κ3) is 2.85. The first-order valence-corrected chi connectivity index (χ1v) is 6.08. The summed E-state index contributed by atoms with van der Waals surface area (Å²) in [6.45, 7) is 2.41. The first-order valence-electron chi connectivity index (χ1n) is 6.08. The number of amides is 1. The molecular weight excluding hydrogens is 240 g/mol. The van der Waals surface area contributed by atoms with Crippen LogP contribution in [0.4, 0.5) is 11.4 Å². The third-order valence-corrected chi connectivity index (χ3v) is 2.86. The highest BCUT2D eigenvalue weighted by Crippen LogP contribution is 2.22. The molecule has 98 valence electrons. The number of hydrogen-bond acceptors (Lipinski definition) is 3. The average Bonchev–Trinajstić information content (AvgIpc) is 2.40. The largest absolute Gasteiger partial charge is 0.508 e. The SMILES string of the molecule is CCN(C(=O)c1ccc(N)cc1)c1cccc(O)c1. The Morgan fingerprint density at radius 2 is 1.89 bits per heavy atom. The highest BCUT2D eigenvalue weighted by atomic mass is 16.3. The molecule has 1 amide bonds. The lowest BCUT2D eigenvalue weighted by molar-refractivity contribution is 0.0988. The topological polar surface area (TPSA) is 66.6 Å². The molecule has 4 nitrogen and oxygen atoms in total. The summed E-state index contributed by atoms with van der Waals surface area (Å²) in [5.41, 5.74) is 7.47. The van der Waals surface area contributed by atoms with Gasteiger partial charge in [0, 0.05) is 29.5 Å². The van der Waals surface area contributed by atoms with Gasteiger partial charge in [0.05, 0.1) is 0 Å². The molecule has 0 saturated carbocycles. The quantitative estimate of drug-likeness (QED) is 0.830.